The minimum atomic E-state index is -0.835. The van der Waals surface area contributed by atoms with E-state index < -0.39 is 5.97 Å². The Balaban J connectivity index is 2.52. The summed E-state index contributed by atoms with van der Waals surface area (Å²) in [7, 11) is 1.63. The first kappa shape index (κ1) is 17.0. The average Bonchev–Trinajstić information content (AvgIpc) is 2.52. The Kier molecular flexibility index (Phi) is 5.77. The highest BCUT2D eigenvalue weighted by Crippen LogP contribution is 2.34. The zero-order valence-electron chi connectivity index (χ0n) is 13.8. The van der Waals surface area contributed by atoms with Crippen LogP contribution in [0.4, 0.5) is 0 Å². The SMILES string of the molecule is CCNCc1cc(C)ccc1-c1cc(CC(=O)O)ccc1OC. The highest BCUT2D eigenvalue weighted by atomic mass is 16.5. The smallest absolute Gasteiger partial charge is 0.307 e. The van der Waals surface area contributed by atoms with Crippen LogP contribution in [0.3, 0.4) is 0 Å². The molecular formula is C19H23NO3. The number of carboxylic acids is 1. The molecule has 0 atom stereocenters. The first-order valence-electron chi connectivity index (χ1n) is 7.74. The normalized spacial score (nSPS) is 10.6. The van der Waals surface area contributed by atoms with Crippen LogP contribution in [0.15, 0.2) is 36.4 Å². The number of hydrogen-bond acceptors (Lipinski definition) is 3. The lowest BCUT2D eigenvalue weighted by Gasteiger charge is -2.15. The molecule has 2 aromatic carbocycles. The van der Waals surface area contributed by atoms with Gasteiger partial charge >= 0.3 is 5.97 Å². The third-order valence-corrected chi connectivity index (χ3v) is 3.74. The zero-order valence-corrected chi connectivity index (χ0v) is 13.8. The maximum Gasteiger partial charge on any atom is 0.307 e. The van der Waals surface area contributed by atoms with Crippen LogP contribution >= 0.6 is 0 Å². The molecule has 2 rings (SSSR count). The van der Waals surface area contributed by atoms with Gasteiger partial charge in [0.2, 0.25) is 0 Å². The predicted molar refractivity (Wildman–Crippen MR) is 91.9 cm³/mol. The van der Waals surface area contributed by atoms with Gasteiger partial charge in [0, 0.05) is 12.1 Å². The van der Waals surface area contributed by atoms with E-state index in [2.05, 4.69) is 37.4 Å². The van der Waals surface area contributed by atoms with Gasteiger partial charge in [0.1, 0.15) is 5.75 Å². The maximum atomic E-state index is 11.0. The zero-order chi connectivity index (χ0) is 16.8. The van der Waals surface area contributed by atoms with E-state index >= 15 is 0 Å². The van der Waals surface area contributed by atoms with Gasteiger partial charge in [-0.05, 0) is 42.3 Å². The molecule has 0 spiro atoms. The van der Waals surface area contributed by atoms with Crippen LogP contribution < -0.4 is 10.1 Å². The van der Waals surface area contributed by atoms with Crippen molar-refractivity contribution in [3.05, 3.63) is 53.1 Å². The molecule has 0 unspecified atom stereocenters. The van der Waals surface area contributed by atoms with Gasteiger partial charge in [-0.15, -0.1) is 0 Å². The van der Waals surface area contributed by atoms with Crippen molar-refractivity contribution < 1.29 is 14.6 Å². The van der Waals surface area contributed by atoms with Gasteiger partial charge in [-0.25, -0.2) is 0 Å². The van der Waals surface area contributed by atoms with E-state index in [1.54, 1.807) is 13.2 Å². The van der Waals surface area contributed by atoms with Crippen molar-refractivity contribution in [2.45, 2.75) is 26.8 Å². The summed E-state index contributed by atoms with van der Waals surface area (Å²) in [5, 5.41) is 12.4. The molecule has 4 heteroatoms. The number of rotatable bonds is 7. The molecule has 0 bridgehead atoms. The molecule has 0 saturated heterocycles. The largest absolute Gasteiger partial charge is 0.496 e. The molecule has 2 N–H and O–H groups in total. The molecule has 122 valence electrons. The summed E-state index contributed by atoms with van der Waals surface area (Å²) >= 11 is 0. The number of carbonyl (C=O) groups is 1. The van der Waals surface area contributed by atoms with Crippen molar-refractivity contribution >= 4 is 5.97 Å². The standard InChI is InChI=1S/C19H23NO3/c1-4-20-12-15-9-13(2)5-7-16(15)17-10-14(11-19(21)22)6-8-18(17)23-3/h5-10,20H,4,11-12H2,1-3H3,(H,21,22). The topological polar surface area (TPSA) is 58.6 Å². The molecule has 0 aliphatic rings. The summed E-state index contributed by atoms with van der Waals surface area (Å²) in [5.74, 6) is -0.0846. The minimum Gasteiger partial charge on any atom is -0.496 e. The second-order valence-electron chi connectivity index (χ2n) is 5.55. The summed E-state index contributed by atoms with van der Waals surface area (Å²) in [6.07, 6.45) is 0.00536. The van der Waals surface area contributed by atoms with Crippen LogP contribution in [0.1, 0.15) is 23.6 Å². The summed E-state index contributed by atoms with van der Waals surface area (Å²) in [5.41, 5.74) is 5.14. The van der Waals surface area contributed by atoms with Crippen molar-refractivity contribution in [3.63, 3.8) is 0 Å². The summed E-state index contributed by atoms with van der Waals surface area (Å²) in [6, 6.07) is 11.8. The first-order valence-corrected chi connectivity index (χ1v) is 7.74. The summed E-state index contributed by atoms with van der Waals surface area (Å²) in [6.45, 7) is 5.80. The van der Waals surface area contributed by atoms with Crippen molar-refractivity contribution in [3.8, 4) is 16.9 Å². The molecule has 0 heterocycles. The molecule has 0 amide bonds. The Morgan fingerprint density at radius 1 is 1.17 bits per heavy atom. The van der Waals surface area contributed by atoms with E-state index in [9.17, 15) is 4.79 Å². The van der Waals surface area contributed by atoms with Crippen LogP contribution in [-0.2, 0) is 17.8 Å². The van der Waals surface area contributed by atoms with E-state index in [1.807, 2.05) is 12.1 Å². The number of ether oxygens (including phenoxy) is 1. The van der Waals surface area contributed by atoms with Crippen LogP contribution in [0.25, 0.3) is 11.1 Å². The van der Waals surface area contributed by atoms with Gasteiger partial charge in [-0.3, -0.25) is 4.79 Å². The number of nitrogens with one attached hydrogen (secondary N) is 1. The lowest BCUT2D eigenvalue weighted by molar-refractivity contribution is -0.136. The summed E-state index contributed by atoms with van der Waals surface area (Å²) < 4.78 is 5.48. The summed E-state index contributed by atoms with van der Waals surface area (Å²) in [4.78, 5) is 11.0. The van der Waals surface area contributed by atoms with E-state index in [4.69, 9.17) is 9.84 Å². The van der Waals surface area contributed by atoms with Crippen LogP contribution in [0.2, 0.25) is 0 Å². The van der Waals surface area contributed by atoms with Crippen molar-refractivity contribution in [2.75, 3.05) is 13.7 Å². The third-order valence-electron chi connectivity index (χ3n) is 3.74. The molecule has 0 aliphatic carbocycles. The number of carboxylic acid groups (broad SMARTS) is 1. The monoisotopic (exact) mass is 313 g/mol. The minimum absolute atomic E-state index is 0.00536. The lowest BCUT2D eigenvalue weighted by Crippen LogP contribution is -2.12. The van der Waals surface area contributed by atoms with Crippen LogP contribution in [0, 0.1) is 6.92 Å². The Bertz CT molecular complexity index is 695. The number of aryl methyl sites for hydroxylation is 1. The molecule has 0 saturated carbocycles. The molecule has 2 aromatic rings. The first-order chi connectivity index (χ1) is 11.0. The number of benzene rings is 2. The van der Waals surface area contributed by atoms with Gasteiger partial charge in [0.05, 0.1) is 13.5 Å². The van der Waals surface area contributed by atoms with Crippen LogP contribution in [-0.4, -0.2) is 24.7 Å². The highest BCUT2D eigenvalue weighted by Gasteiger charge is 2.12. The molecule has 23 heavy (non-hydrogen) atoms. The molecular weight excluding hydrogens is 290 g/mol. The van der Waals surface area contributed by atoms with Crippen molar-refractivity contribution in [1.29, 1.82) is 0 Å². The van der Waals surface area contributed by atoms with Gasteiger partial charge in [-0.1, -0.05) is 36.8 Å². The fourth-order valence-electron chi connectivity index (χ4n) is 2.64. The molecule has 0 aliphatic heterocycles. The predicted octanol–water partition coefficient (Wildman–Crippen LogP) is 3.41. The highest BCUT2D eigenvalue weighted by molar-refractivity contribution is 5.77. The number of aliphatic carboxylic acids is 1. The fraction of sp³-hybridized carbons (Fsp3) is 0.316. The Morgan fingerprint density at radius 3 is 2.61 bits per heavy atom. The van der Waals surface area contributed by atoms with Crippen molar-refractivity contribution in [1.82, 2.24) is 5.32 Å². The molecule has 0 fully saturated rings. The molecule has 0 radical (unpaired) electrons. The van der Waals surface area contributed by atoms with E-state index in [0.717, 1.165) is 35.5 Å². The number of hydrogen-bond donors (Lipinski definition) is 2. The average molecular weight is 313 g/mol. The Labute approximate surface area is 137 Å². The van der Waals surface area contributed by atoms with Gasteiger partial charge in [0.25, 0.3) is 0 Å². The fourth-order valence-corrected chi connectivity index (χ4v) is 2.64. The Morgan fingerprint density at radius 2 is 1.96 bits per heavy atom. The van der Waals surface area contributed by atoms with Crippen molar-refractivity contribution in [2.24, 2.45) is 0 Å². The molecule has 4 nitrogen and oxygen atoms in total. The second-order valence-corrected chi connectivity index (χ2v) is 5.55. The van der Waals surface area contributed by atoms with Gasteiger partial charge in [0.15, 0.2) is 0 Å². The maximum absolute atomic E-state index is 11.0. The van der Waals surface area contributed by atoms with E-state index in [-0.39, 0.29) is 6.42 Å². The lowest BCUT2D eigenvalue weighted by atomic mass is 9.95. The Hall–Kier alpha value is -2.33. The third kappa shape index (κ3) is 4.33. The number of methoxy groups -OCH3 is 1. The second kappa shape index (κ2) is 7.79. The van der Waals surface area contributed by atoms with Gasteiger partial charge < -0.3 is 15.2 Å². The van der Waals surface area contributed by atoms with Crippen LogP contribution in [0.5, 0.6) is 5.75 Å². The van der Waals surface area contributed by atoms with E-state index in [1.165, 1.54) is 11.1 Å². The molecule has 0 aromatic heterocycles. The van der Waals surface area contributed by atoms with Gasteiger partial charge in [-0.2, -0.15) is 0 Å². The quantitative estimate of drug-likeness (QED) is 0.822. The van der Waals surface area contributed by atoms with E-state index in [0.29, 0.717) is 0 Å².